The number of para-hydroxylation sites is 1. The molecule has 4 heteroatoms. The molecule has 2 aromatic rings. The van der Waals surface area contributed by atoms with Gasteiger partial charge in [-0.25, -0.2) is 0 Å². The molecule has 0 saturated carbocycles. The lowest BCUT2D eigenvalue weighted by Gasteiger charge is -2.24. The van der Waals surface area contributed by atoms with Gasteiger partial charge >= 0.3 is 0 Å². The second-order valence-electron chi connectivity index (χ2n) is 5.36. The molecule has 0 radical (unpaired) electrons. The summed E-state index contributed by atoms with van der Waals surface area (Å²) in [5, 5.41) is 0.922. The number of hydrogen-bond acceptors (Lipinski definition) is 3. The van der Waals surface area contributed by atoms with Gasteiger partial charge in [0.15, 0.2) is 0 Å². The predicted octanol–water partition coefficient (Wildman–Crippen LogP) is 2.11. The van der Waals surface area contributed by atoms with Crippen LogP contribution < -0.4 is 5.73 Å². The Hall–Kier alpha value is -1.94. The summed E-state index contributed by atoms with van der Waals surface area (Å²) in [6, 6.07) is 9.86. The van der Waals surface area contributed by atoms with Gasteiger partial charge in [0.25, 0.3) is 5.91 Å². The number of carbonyl (C=O) groups excluding carboxylic acids is 1. The maximum Gasteiger partial charge on any atom is 0.254 e. The summed E-state index contributed by atoms with van der Waals surface area (Å²) in [6.07, 6.45) is 2.04. The molecule has 1 saturated heterocycles. The number of likely N-dealkylation sites (tertiary alicyclic amines) is 1. The molecule has 1 aromatic carbocycles. The number of pyridine rings is 1. The van der Waals surface area contributed by atoms with Gasteiger partial charge in [-0.05, 0) is 31.9 Å². The van der Waals surface area contributed by atoms with Gasteiger partial charge in [0.2, 0.25) is 0 Å². The fourth-order valence-corrected chi connectivity index (χ4v) is 2.99. The van der Waals surface area contributed by atoms with E-state index in [1.807, 2.05) is 42.2 Å². The van der Waals surface area contributed by atoms with Crippen LogP contribution in [0.15, 0.2) is 30.3 Å². The van der Waals surface area contributed by atoms with Gasteiger partial charge < -0.3 is 10.6 Å². The van der Waals surface area contributed by atoms with Gasteiger partial charge in [0, 0.05) is 30.2 Å². The van der Waals surface area contributed by atoms with Crippen LogP contribution in [0.2, 0.25) is 0 Å². The fourth-order valence-electron chi connectivity index (χ4n) is 2.99. The second-order valence-corrected chi connectivity index (χ2v) is 5.36. The number of benzene rings is 1. The quantitative estimate of drug-likeness (QED) is 0.908. The third-order valence-corrected chi connectivity index (χ3v) is 3.98. The molecule has 2 N–H and O–H groups in total. The predicted molar refractivity (Wildman–Crippen MR) is 79.6 cm³/mol. The Balaban J connectivity index is 2.07. The van der Waals surface area contributed by atoms with E-state index in [9.17, 15) is 4.79 Å². The molecule has 0 bridgehead atoms. The third kappa shape index (κ3) is 2.16. The molecule has 20 heavy (non-hydrogen) atoms. The molecule has 1 atom stereocenters. The van der Waals surface area contributed by atoms with Crippen molar-refractivity contribution in [3.63, 3.8) is 0 Å². The van der Waals surface area contributed by atoms with Crippen LogP contribution in [0.3, 0.4) is 0 Å². The number of aromatic nitrogens is 1. The Morgan fingerprint density at radius 2 is 2.25 bits per heavy atom. The summed E-state index contributed by atoms with van der Waals surface area (Å²) >= 11 is 0. The maximum atomic E-state index is 12.8. The molecular formula is C16H19N3O. The van der Waals surface area contributed by atoms with Crippen molar-refractivity contribution in [1.29, 1.82) is 0 Å². The molecule has 4 nitrogen and oxygen atoms in total. The zero-order chi connectivity index (χ0) is 14.1. The van der Waals surface area contributed by atoms with E-state index in [0.29, 0.717) is 6.54 Å². The van der Waals surface area contributed by atoms with Crippen molar-refractivity contribution < 1.29 is 4.79 Å². The van der Waals surface area contributed by atoms with E-state index >= 15 is 0 Å². The lowest BCUT2D eigenvalue weighted by atomic mass is 10.1. The van der Waals surface area contributed by atoms with Crippen LogP contribution in [0.5, 0.6) is 0 Å². The van der Waals surface area contributed by atoms with Crippen LogP contribution in [-0.2, 0) is 0 Å². The van der Waals surface area contributed by atoms with E-state index in [0.717, 1.165) is 41.5 Å². The first-order chi connectivity index (χ1) is 9.70. The lowest BCUT2D eigenvalue weighted by molar-refractivity contribution is 0.0743. The molecule has 1 aliphatic rings. The van der Waals surface area contributed by atoms with Crippen molar-refractivity contribution in [2.75, 3.05) is 13.1 Å². The Kier molecular flexibility index (Phi) is 3.40. The zero-order valence-corrected chi connectivity index (χ0v) is 11.7. The van der Waals surface area contributed by atoms with E-state index in [1.54, 1.807) is 0 Å². The number of hydrogen-bond donors (Lipinski definition) is 1. The first-order valence-electron chi connectivity index (χ1n) is 7.08. The van der Waals surface area contributed by atoms with Crippen molar-refractivity contribution in [3.8, 4) is 0 Å². The first-order valence-corrected chi connectivity index (χ1v) is 7.08. The molecule has 1 amide bonds. The Morgan fingerprint density at radius 1 is 1.45 bits per heavy atom. The zero-order valence-electron chi connectivity index (χ0n) is 11.7. The summed E-state index contributed by atoms with van der Waals surface area (Å²) < 4.78 is 0. The number of nitrogens with zero attached hydrogens (tertiary/aromatic N) is 2. The van der Waals surface area contributed by atoms with Gasteiger partial charge in [-0.3, -0.25) is 9.78 Å². The van der Waals surface area contributed by atoms with E-state index in [1.165, 1.54) is 0 Å². The highest BCUT2D eigenvalue weighted by molar-refractivity contribution is 6.06. The van der Waals surface area contributed by atoms with Crippen molar-refractivity contribution in [2.45, 2.75) is 25.8 Å². The van der Waals surface area contributed by atoms with Crippen molar-refractivity contribution in [2.24, 2.45) is 5.73 Å². The average Bonchev–Trinajstić information content (AvgIpc) is 2.94. The molecule has 1 unspecified atom stereocenters. The van der Waals surface area contributed by atoms with Gasteiger partial charge in [0.05, 0.1) is 11.1 Å². The molecule has 2 heterocycles. The number of nitrogens with two attached hydrogens (primary N) is 1. The highest BCUT2D eigenvalue weighted by Crippen LogP contribution is 2.24. The molecule has 1 aromatic heterocycles. The molecular weight excluding hydrogens is 250 g/mol. The van der Waals surface area contributed by atoms with Crippen molar-refractivity contribution in [3.05, 3.63) is 41.6 Å². The Labute approximate surface area is 118 Å². The second kappa shape index (κ2) is 5.21. The molecule has 0 aliphatic carbocycles. The highest BCUT2D eigenvalue weighted by atomic mass is 16.2. The van der Waals surface area contributed by atoms with Gasteiger partial charge in [0.1, 0.15) is 0 Å². The minimum Gasteiger partial charge on any atom is -0.334 e. The number of amides is 1. The molecule has 1 aliphatic heterocycles. The standard InChI is InChI=1S/C16H19N3O/c1-11-9-14(13-6-2-3-7-15(13)18-11)16(20)19-8-4-5-12(19)10-17/h2-3,6-7,9,12H,4-5,8,10,17H2,1H3. The van der Waals surface area contributed by atoms with Crippen LogP contribution in [0.1, 0.15) is 28.9 Å². The molecule has 3 rings (SSSR count). The van der Waals surface area contributed by atoms with E-state index in [2.05, 4.69) is 4.98 Å². The summed E-state index contributed by atoms with van der Waals surface area (Å²) in [5.74, 6) is 0.0830. The van der Waals surface area contributed by atoms with Crippen molar-refractivity contribution in [1.82, 2.24) is 9.88 Å². The Morgan fingerprint density at radius 3 is 3.05 bits per heavy atom. The Bertz CT molecular complexity index is 653. The lowest BCUT2D eigenvalue weighted by Crippen LogP contribution is -2.40. The number of aryl methyl sites for hydroxylation is 1. The minimum atomic E-state index is 0.0830. The smallest absolute Gasteiger partial charge is 0.254 e. The first kappa shape index (κ1) is 13.1. The number of carbonyl (C=O) groups is 1. The summed E-state index contributed by atoms with van der Waals surface area (Å²) in [6.45, 7) is 3.26. The molecule has 104 valence electrons. The van der Waals surface area contributed by atoms with Crippen LogP contribution in [-0.4, -0.2) is 34.9 Å². The largest absolute Gasteiger partial charge is 0.334 e. The monoisotopic (exact) mass is 269 g/mol. The van der Waals surface area contributed by atoms with Crippen LogP contribution in [0.25, 0.3) is 10.9 Å². The van der Waals surface area contributed by atoms with E-state index in [4.69, 9.17) is 5.73 Å². The number of fused-ring (bicyclic) bond motifs is 1. The van der Waals surface area contributed by atoms with Gasteiger partial charge in [-0.15, -0.1) is 0 Å². The van der Waals surface area contributed by atoms with E-state index < -0.39 is 0 Å². The SMILES string of the molecule is Cc1cc(C(=O)N2CCCC2CN)c2ccccc2n1. The summed E-state index contributed by atoms with van der Waals surface area (Å²) in [5.41, 5.74) is 8.27. The number of rotatable bonds is 2. The third-order valence-electron chi connectivity index (χ3n) is 3.98. The molecule has 1 fully saturated rings. The maximum absolute atomic E-state index is 12.8. The van der Waals surface area contributed by atoms with Crippen molar-refractivity contribution >= 4 is 16.8 Å². The minimum absolute atomic E-state index is 0.0830. The van der Waals surface area contributed by atoms with E-state index in [-0.39, 0.29) is 11.9 Å². The van der Waals surface area contributed by atoms with Crippen LogP contribution in [0, 0.1) is 6.92 Å². The normalized spacial score (nSPS) is 18.7. The highest BCUT2D eigenvalue weighted by Gasteiger charge is 2.29. The van der Waals surface area contributed by atoms with Crippen LogP contribution >= 0.6 is 0 Å². The van der Waals surface area contributed by atoms with Gasteiger partial charge in [-0.1, -0.05) is 18.2 Å². The fraction of sp³-hybridized carbons (Fsp3) is 0.375. The topological polar surface area (TPSA) is 59.2 Å². The average molecular weight is 269 g/mol. The molecule has 0 spiro atoms. The summed E-state index contributed by atoms with van der Waals surface area (Å²) in [7, 11) is 0. The van der Waals surface area contributed by atoms with Gasteiger partial charge in [-0.2, -0.15) is 0 Å². The summed E-state index contributed by atoms with van der Waals surface area (Å²) in [4.78, 5) is 19.2. The van der Waals surface area contributed by atoms with Crippen LogP contribution in [0.4, 0.5) is 0 Å².